The number of benzene rings is 1. The lowest BCUT2D eigenvalue weighted by molar-refractivity contribution is 0.556. The first-order valence-electron chi connectivity index (χ1n) is 9.85. The Labute approximate surface area is 184 Å². The van der Waals surface area contributed by atoms with E-state index in [2.05, 4.69) is 36.1 Å². The summed E-state index contributed by atoms with van der Waals surface area (Å²) in [4.78, 5) is 14.4. The van der Waals surface area contributed by atoms with E-state index in [1.807, 2.05) is 42.2 Å². The third-order valence-corrected chi connectivity index (χ3v) is 5.10. The number of hydrazone groups is 1. The molecule has 3 aromatic rings. The highest BCUT2D eigenvalue weighted by atomic mass is 35.5. The molecule has 0 bridgehead atoms. The van der Waals surface area contributed by atoms with Crippen molar-refractivity contribution in [2.24, 2.45) is 5.10 Å². The summed E-state index contributed by atoms with van der Waals surface area (Å²) in [6, 6.07) is 9.43. The molecule has 1 aromatic carbocycles. The molecular formula is C21H22ClFN8. The van der Waals surface area contributed by atoms with E-state index in [4.69, 9.17) is 11.6 Å². The zero-order chi connectivity index (χ0) is 21.6. The van der Waals surface area contributed by atoms with Crippen molar-refractivity contribution in [1.29, 1.82) is 0 Å². The normalized spacial score (nSPS) is 14.1. The van der Waals surface area contributed by atoms with Gasteiger partial charge in [-0.25, -0.2) is 14.8 Å². The maximum Gasteiger partial charge on any atom is 0.245 e. The summed E-state index contributed by atoms with van der Waals surface area (Å²) in [5, 5.41) is 11.3. The average molecular weight is 441 g/mol. The van der Waals surface area contributed by atoms with Crippen LogP contribution in [0.3, 0.4) is 0 Å². The number of aryl methyl sites for hydroxylation is 1. The highest BCUT2D eigenvalue weighted by Crippen LogP contribution is 2.28. The number of hydrogen-bond donors (Lipinski definition) is 3. The van der Waals surface area contributed by atoms with Gasteiger partial charge in [-0.3, -0.25) is 4.98 Å². The van der Waals surface area contributed by atoms with Gasteiger partial charge in [0.25, 0.3) is 0 Å². The molecule has 1 aliphatic heterocycles. The lowest BCUT2D eigenvalue weighted by atomic mass is 10.2. The van der Waals surface area contributed by atoms with Crippen molar-refractivity contribution < 1.29 is 4.39 Å². The topological polar surface area (TPSA) is 90.4 Å². The molecule has 0 spiro atoms. The fourth-order valence-corrected chi connectivity index (χ4v) is 3.43. The average Bonchev–Trinajstić information content (AvgIpc) is 2.79. The summed E-state index contributed by atoms with van der Waals surface area (Å²) in [6.45, 7) is 4.94. The van der Waals surface area contributed by atoms with Gasteiger partial charge in [-0.2, -0.15) is 10.1 Å². The molecule has 160 valence electrons. The van der Waals surface area contributed by atoms with Crippen LogP contribution in [0.15, 0.2) is 47.8 Å². The van der Waals surface area contributed by atoms with Crippen molar-refractivity contribution in [3.8, 4) is 0 Å². The monoisotopic (exact) mass is 440 g/mol. The molecule has 0 saturated carbocycles. The number of piperazine rings is 1. The summed E-state index contributed by atoms with van der Waals surface area (Å²) in [7, 11) is 0. The molecule has 1 fully saturated rings. The van der Waals surface area contributed by atoms with Gasteiger partial charge in [-0.1, -0.05) is 23.7 Å². The standard InChI is InChI=1S/C21H22ClFN8/c1-14-3-2-4-17(22)19(14)28-16-6-5-15(25-11-16)12-27-30-21-26-13-18(23)20(29-21)31-9-7-24-8-10-31/h2-6,11-13,24,28H,7-10H2,1H3,(H,26,29,30)/b27-12+. The Balaban J connectivity index is 1.39. The Morgan fingerprint density at radius 1 is 1.16 bits per heavy atom. The van der Waals surface area contributed by atoms with Gasteiger partial charge in [-0.05, 0) is 30.7 Å². The number of anilines is 4. The highest BCUT2D eigenvalue weighted by Gasteiger charge is 2.17. The molecule has 0 atom stereocenters. The molecule has 8 nitrogen and oxygen atoms in total. The van der Waals surface area contributed by atoms with E-state index in [9.17, 15) is 4.39 Å². The SMILES string of the molecule is Cc1cccc(Cl)c1Nc1ccc(/C=N/Nc2ncc(F)c(N3CCNCC3)n2)nc1. The summed E-state index contributed by atoms with van der Waals surface area (Å²) < 4.78 is 14.1. The van der Waals surface area contributed by atoms with Gasteiger partial charge in [0.1, 0.15) is 0 Å². The minimum atomic E-state index is -0.449. The van der Waals surface area contributed by atoms with Gasteiger partial charge in [0, 0.05) is 26.2 Å². The van der Waals surface area contributed by atoms with E-state index in [1.165, 1.54) is 0 Å². The van der Waals surface area contributed by atoms with Gasteiger partial charge in [0.15, 0.2) is 11.6 Å². The maximum absolute atomic E-state index is 14.1. The van der Waals surface area contributed by atoms with Crippen LogP contribution in [0.25, 0.3) is 0 Å². The largest absolute Gasteiger partial charge is 0.353 e. The van der Waals surface area contributed by atoms with Crippen molar-refractivity contribution in [2.45, 2.75) is 6.92 Å². The summed E-state index contributed by atoms with van der Waals surface area (Å²) >= 11 is 6.25. The number of nitrogens with zero attached hydrogens (tertiary/aromatic N) is 5. The third-order valence-electron chi connectivity index (χ3n) is 4.78. The number of halogens is 2. The van der Waals surface area contributed by atoms with Crippen molar-refractivity contribution in [3.63, 3.8) is 0 Å². The van der Waals surface area contributed by atoms with E-state index < -0.39 is 5.82 Å². The van der Waals surface area contributed by atoms with Gasteiger partial charge in [0.05, 0.1) is 40.7 Å². The number of pyridine rings is 1. The van der Waals surface area contributed by atoms with Crippen LogP contribution < -0.4 is 21.0 Å². The van der Waals surface area contributed by atoms with Crippen molar-refractivity contribution in [3.05, 3.63) is 64.8 Å². The van der Waals surface area contributed by atoms with Crippen LogP contribution in [0.1, 0.15) is 11.3 Å². The van der Waals surface area contributed by atoms with Gasteiger partial charge >= 0.3 is 0 Å². The first-order chi connectivity index (χ1) is 15.1. The number of hydrogen-bond acceptors (Lipinski definition) is 8. The van der Waals surface area contributed by atoms with E-state index in [0.29, 0.717) is 23.8 Å². The quantitative estimate of drug-likeness (QED) is 0.398. The lowest BCUT2D eigenvalue weighted by Crippen LogP contribution is -2.44. The molecule has 31 heavy (non-hydrogen) atoms. The summed E-state index contributed by atoms with van der Waals surface area (Å²) in [5.41, 5.74) is 6.07. The van der Waals surface area contributed by atoms with E-state index in [-0.39, 0.29) is 11.8 Å². The van der Waals surface area contributed by atoms with Crippen LogP contribution in [0.4, 0.5) is 27.5 Å². The van der Waals surface area contributed by atoms with E-state index in [1.54, 1.807) is 12.4 Å². The first kappa shape index (κ1) is 21.0. The first-order valence-corrected chi connectivity index (χ1v) is 10.2. The summed E-state index contributed by atoms with van der Waals surface area (Å²) in [6.07, 6.45) is 4.39. The molecule has 4 rings (SSSR count). The van der Waals surface area contributed by atoms with Crippen LogP contribution in [0, 0.1) is 12.7 Å². The van der Waals surface area contributed by atoms with Crippen LogP contribution in [0.2, 0.25) is 5.02 Å². The smallest absolute Gasteiger partial charge is 0.245 e. The number of nitrogens with one attached hydrogen (secondary N) is 3. The molecule has 0 aliphatic carbocycles. The predicted molar refractivity (Wildman–Crippen MR) is 122 cm³/mol. The van der Waals surface area contributed by atoms with Gasteiger partial charge in [-0.15, -0.1) is 0 Å². The van der Waals surface area contributed by atoms with E-state index in [0.717, 1.165) is 36.2 Å². The Hall–Kier alpha value is -3.30. The third kappa shape index (κ3) is 5.25. The second-order valence-corrected chi connectivity index (χ2v) is 7.41. The molecular weight excluding hydrogens is 419 g/mol. The second-order valence-electron chi connectivity index (χ2n) is 7.00. The van der Waals surface area contributed by atoms with Gasteiger partial charge in [0.2, 0.25) is 5.95 Å². The number of aromatic nitrogens is 3. The van der Waals surface area contributed by atoms with Gasteiger partial charge < -0.3 is 15.5 Å². The molecule has 1 saturated heterocycles. The molecule has 0 amide bonds. The fraction of sp³-hybridized carbons (Fsp3) is 0.238. The Bertz CT molecular complexity index is 1050. The van der Waals surface area contributed by atoms with Crippen molar-refractivity contribution in [2.75, 3.05) is 41.8 Å². The molecule has 3 heterocycles. The summed E-state index contributed by atoms with van der Waals surface area (Å²) in [5.74, 6) is 0.0474. The maximum atomic E-state index is 14.1. The highest BCUT2D eigenvalue weighted by molar-refractivity contribution is 6.33. The lowest BCUT2D eigenvalue weighted by Gasteiger charge is -2.28. The minimum Gasteiger partial charge on any atom is -0.353 e. The molecule has 3 N–H and O–H groups in total. The molecule has 1 aliphatic rings. The van der Waals surface area contributed by atoms with Crippen LogP contribution in [0.5, 0.6) is 0 Å². The Kier molecular flexibility index (Phi) is 6.54. The second kappa shape index (κ2) is 9.67. The predicted octanol–water partition coefficient (Wildman–Crippen LogP) is 3.57. The zero-order valence-corrected chi connectivity index (χ0v) is 17.7. The molecule has 10 heteroatoms. The minimum absolute atomic E-state index is 0.221. The Morgan fingerprint density at radius 3 is 2.74 bits per heavy atom. The van der Waals surface area contributed by atoms with Crippen LogP contribution in [-0.4, -0.2) is 47.3 Å². The van der Waals surface area contributed by atoms with Crippen molar-refractivity contribution in [1.82, 2.24) is 20.3 Å². The molecule has 2 aromatic heterocycles. The van der Waals surface area contributed by atoms with Crippen LogP contribution >= 0.6 is 11.6 Å². The Morgan fingerprint density at radius 2 is 2.00 bits per heavy atom. The fourth-order valence-electron chi connectivity index (χ4n) is 3.16. The molecule has 0 radical (unpaired) electrons. The zero-order valence-electron chi connectivity index (χ0n) is 16.9. The van der Waals surface area contributed by atoms with E-state index >= 15 is 0 Å². The van der Waals surface area contributed by atoms with Crippen LogP contribution in [-0.2, 0) is 0 Å². The number of para-hydroxylation sites is 1. The number of rotatable bonds is 6. The van der Waals surface area contributed by atoms with Crippen molar-refractivity contribution >= 4 is 41.0 Å². The molecule has 0 unspecified atom stereocenters.